The molecule has 1 aromatic heterocycles. The molecule has 0 saturated carbocycles. The van der Waals surface area contributed by atoms with Gasteiger partial charge in [-0.2, -0.15) is 0 Å². The summed E-state index contributed by atoms with van der Waals surface area (Å²) in [6.07, 6.45) is 0. The molecule has 0 fully saturated rings. The first kappa shape index (κ1) is 18.6. The molecule has 0 aliphatic heterocycles. The summed E-state index contributed by atoms with van der Waals surface area (Å²) in [5, 5.41) is 12.2. The molecule has 2 aromatic carbocycles. The molecule has 0 atom stereocenters. The number of carbonyl (C=O) groups is 1. The standard InChI is InChI=1S/C18H12Cl2FN3OS/c19-13-2-1-3-15(18(13)20)22-16(25)10-26-17-9-8-14(23-24-17)11-4-6-12(21)7-5-11/h1-9H,10H2,(H,22,25). The summed E-state index contributed by atoms with van der Waals surface area (Å²) in [7, 11) is 0. The minimum atomic E-state index is -0.306. The molecule has 3 aromatic rings. The molecule has 4 nitrogen and oxygen atoms in total. The van der Waals surface area contributed by atoms with Crippen LogP contribution in [-0.4, -0.2) is 21.9 Å². The first-order valence-electron chi connectivity index (χ1n) is 7.49. The zero-order chi connectivity index (χ0) is 18.5. The predicted octanol–water partition coefficient (Wildman–Crippen LogP) is 5.32. The van der Waals surface area contributed by atoms with Gasteiger partial charge in [-0.25, -0.2) is 4.39 Å². The molecule has 0 radical (unpaired) electrons. The predicted molar refractivity (Wildman–Crippen MR) is 103 cm³/mol. The van der Waals surface area contributed by atoms with Crippen LogP contribution in [0.15, 0.2) is 59.6 Å². The quantitative estimate of drug-likeness (QED) is 0.581. The van der Waals surface area contributed by atoms with E-state index in [-0.39, 0.29) is 17.5 Å². The van der Waals surface area contributed by atoms with Crippen LogP contribution in [0.2, 0.25) is 10.0 Å². The number of carbonyl (C=O) groups excluding carboxylic acids is 1. The molecule has 0 aliphatic rings. The molecule has 0 unspecified atom stereocenters. The fourth-order valence-electron chi connectivity index (χ4n) is 2.10. The van der Waals surface area contributed by atoms with Crippen molar-refractivity contribution in [2.45, 2.75) is 5.03 Å². The summed E-state index contributed by atoms with van der Waals surface area (Å²) in [5.74, 6) is -0.392. The van der Waals surface area contributed by atoms with Gasteiger partial charge in [0.05, 0.1) is 27.2 Å². The van der Waals surface area contributed by atoms with Gasteiger partial charge >= 0.3 is 0 Å². The number of hydrogen-bond acceptors (Lipinski definition) is 4. The molecule has 132 valence electrons. The van der Waals surface area contributed by atoms with Crippen LogP contribution in [0.25, 0.3) is 11.3 Å². The van der Waals surface area contributed by atoms with Crippen molar-refractivity contribution in [3.8, 4) is 11.3 Å². The average Bonchev–Trinajstić information content (AvgIpc) is 2.65. The minimum Gasteiger partial charge on any atom is -0.324 e. The number of halogens is 3. The zero-order valence-electron chi connectivity index (χ0n) is 13.2. The van der Waals surface area contributed by atoms with Gasteiger partial charge < -0.3 is 5.32 Å². The summed E-state index contributed by atoms with van der Waals surface area (Å²) < 4.78 is 13.0. The van der Waals surface area contributed by atoms with Gasteiger partial charge in [-0.15, -0.1) is 10.2 Å². The lowest BCUT2D eigenvalue weighted by Gasteiger charge is -2.08. The van der Waals surface area contributed by atoms with Gasteiger partial charge in [-0.3, -0.25) is 4.79 Å². The van der Waals surface area contributed by atoms with E-state index >= 15 is 0 Å². The van der Waals surface area contributed by atoms with Gasteiger partial charge in [-0.05, 0) is 48.5 Å². The summed E-state index contributed by atoms with van der Waals surface area (Å²) >= 11 is 13.2. The maximum absolute atomic E-state index is 13.0. The molecule has 0 bridgehead atoms. The third-order valence-corrected chi connectivity index (χ3v) is 5.10. The van der Waals surface area contributed by atoms with Crippen molar-refractivity contribution in [2.24, 2.45) is 0 Å². The Balaban J connectivity index is 1.58. The monoisotopic (exact) mass is 407 g/mol. The van der Waals surface area contributed by atoms with Crippen molar-refractivity contribution in [1.29, 1.82) is 0 Å². The topological polar surface area (TPSA) is 54.9 Å². The lowest BCUT2D eigenvalue weighted by molar-refractivity contribution is -0.113. The Bertz CT molecular complexity index is 921. The highest BCUT2D eigenvalue weighted by Gasteiger charge is 2.10. The first-order valence-corrected chi connectivity index (χ1v) is 9.23. The zero-order valence-corrected chi connectivity index (χ0v) is 15.6. The van der Waals surface area contributed by atoms with Gasteiger partial charge in [0, 0.05) is 5.56 Å². The lowest BCUT2D eigenvalue weighted by Crippen LogP contribution is -2.14. The Morgan fingerprint density at radius 2 is 1.81 bits per heavy atom. The largest absolute Gasteiger partial charge is 0.324 e. The smallest absolute Gasteiger partial charge is 0.234 e. The van der Waals surface area contributed by atoms with E-state index in [1.165, 1.54) is 23.9 Å². The van der Waals surface area contributed by atoms with E-state index < -0.39 is 0 Å². The van der Waals surface area contributed by atoms with Gasteiger partial charge in [0.1, 0.15) is 10.8 Å². The lowest BCUT2D eigenvalue weighted by atomic mass is 10.1. The van der Waals surface area contributed by atoms with Gasteiger partial charge in [0.15, 0.2) is 0 Å². The number of aromatic nitrogens is 2. The van der Waals surface area contributed by atoms with Crippen LogP contribution in [0.1, 0.15) is 0 Å². The number of amides is 1. The Morgan fingerprint density at radius 1 is 1.04 bits per heavy atom. The van der Waals surface area contributed by atoms with Crippen LogP contribution >= 0.6 is 35.0 Å². The Labute approximate surface area is 163 Å². The fraction of sp³-hybridized carbons (Fsp3) is 0.0556. The van der Waals surface area contributed by atoms with Crippen LogP contribution in [0.4, 0.5) is 10.1 Å². The van der Waals surface area contributed by atoms with Crippen molar-refractivity contribution in [3.63, 3.8) is 0 Å². The summed E-state index contributed by atoms with van der Waals surface area (Å²) in [6.45, 7) is 0. The van der Waals surface area contributed by atoms with Crippen molar-refractivity contribution in [1.82, 2.24) is 10.2 Å². The Morgan fingerprint density at radius 3 is 2.50 bits per heavy atom. The van der Waals surface area contributed by atoms with Crippen LogP contribution in [-0.2, 0) is 4.79 Å². The van der Waals surface area contributed by atoms with Crippen LogP contribution in [0, 0.1) is 5.82 Å². The highest BCUT2D eigenvalue weighted by molar-refractivity contribution is 7.99. The van der Waals surface area contributed by atoms with Crippen molar-refractivity contribution in [2.75, 3.05) is 11.1 Å². The molecular formula is C18H12Cl2FN3OS. The van der Waals surface area contributed by atoms with E-state index in [2.05, 4.69) is 15.5 Å². The number of hydrogen-bond donors (Lipinski definition) is 1. The highest BCUT2D eigenvalue weighted by Crippen LogP contribution is 2.29. The maximum atomic E-state index is 13.0. The second-order valence-electron chi connectivity index (χ2n) is 5.20. The molecule has 0 spiro atoms. The first-order chi connectivity index (χ1) is 12.5. The highest BCUT2D eigenvalue weighted by atomic mass is 35.5. The second kappa shape index (κ2) is 8.49. The SMILES string of the molecule is O=C(CSc1ccc(-c2ccc(F)cc2)nn1)Nc1cccc(Cl)c1Cl. The maximum Gasteiger partial charge on any atom is 0.234 e. The molecule has 1 heterocycles. The van der Waals surface area contributed by atoms with Gasteiger partial charge in [0.25, 0.3) is 0 Å². The van der Waals surface area contributed by atoms with E-state index in [1.54, 1.807) is 42.5 Å². The molecule has 8 heteroatoms. The second-order valence-corrected chi connectivity index (χ2v) is 6.98. The third kappa shape index (κ3) is 4.72. The van der Waals surface area contributed by atoms with Gasteiger partial charge in [-0.1, -0.05) is 41.0 Å². The number of nitrogens with one attached hydrogen (secondary N) is 1. The van der Waals surface area contributed by atoms with Crippen molar-refractivity contribution < 1.29 is 9.18 Å². The molecular weight excluding hydrogens is 396 g/mol. The number of thioether (sulfide) groups is 1. The number of nitrogens with zero attached hydrogens (tertiary/aromatic N) is 2. The van der Waals surface area contributed by atoms with E-state index in [0.29, 0.717) is 26.5 Å². The molecule has 26 heavy (non-hydrogen) atoms. The Kier molecular flexibility index (Phi) is 6.08. The summed E-state index contributed by atoms with van der Waals surface area (Å²) in [5.41, 5.74) is 1.86. The van der Waals surface area contributed by atoms with E-state index in [1.807, 2.05) is 0 Å². The van der Waals surface area contributed by atoms with Crippen LogP contribution < -0.4 is 5.32 Å². The third-order valence-electron chi connectivity index (χ3n) is 3.36. The van der Waals surface area contributed by atoms with Gasteiger partial charge in [0.2, 0.25) is 5.91 Å². The number of benzene rings is 2. The van der Waals surface area contributed by atoms with Crippen molar-refractivity contribution >= 4 is 46.6 Å². The van der Waals surface area contributed by atoms with E-state index in [0.717, 1.165) is 5.56 Å². The Hall–Kier alpha value is -2.15. The molecule has 0 saturated heterocycles. The van der Waals surface area contributed by atoms with Crippen molar-refractivity contribution in [3.05, 3.63) is 70.5 Å². The molecule has 3 rings (SSSR count). The van der Waals surface area contributed by atoms with E-state index in [4.69, 9.17) is 23.2 Å². The minimum absolute atomic E-state index is 0.146. The summed E-state index contributed by atoms with van der Waals surface area (Å²) in [4.78, 5) is 12.1. The number of anilines is 1. The molecule has 0 aliphatic carbocycles. The normalized spacial score (nSPS) is 10.6. The fourth-order valence-corrected chi connectivity index (χ4v) is 3.06. The summed E-state index contributed by atoms with van der Waals surface area (Å²) in [6, 6.07) is 14.6. The number of rotatable bonds is 5. The molecule has 1 N–H and O–H groups in total. The average molecular weight is 408 g/mol. The van der Waals surface area contributed by atoms with Crippen LogP contribution in [0.3, 0.4) is 0 Å². The van der Waals surface area contributed by atoms with Crippen LogP contribution in [0.5, 0.6) is 0 Å². The molecule has 1 amide bonds. The van der Waals surface area contributed by atoms with E-state index in [9.17, 15) is 9.18 Å².